The van der Waals surface area contributed by atoms with Crippen molar-refractivity contribution in [2.45, 2.75) is 19.3 Å². The van der Waals surface area contributed by atoms with Crippen LogP contribution in [0.4, 0.5) is 10.8 Å². The maximum absolute atomic E-state index is 5.93. The van der Waals surface area contributed by atoms with Gasteiger partial charge in [-0.2, -0.15) is 0 Å². The Hall–Kier alpha value is -2.77. The van der Waals surface area contributed by atoms with Crippen molar-refractivity contribution in [3.05, 3.63) is 65.2 Å². The van der Waals surface area contributed by atoms with Gasteiger partial charge >= 0.3 is 0 Å². The predicted molar refractivity (Wildman–Crippen MR) is 132 cm³/mol. The summed E-state index contributed by atoms with van der Waals surface area (Å²) in [6, 6.07) is 16.6. The van der Waals surface area contributed by atoms with E-state index in [0.29, 0.717) is 5.13 Å². The smallest absolute Gasteiger partial charge is 0.180 e. The monoisotopic (exact) mass is 452 g/mol. The van der Waals surface area contributed by atoms with Crippen LogP contribution in [0.5, 0.6) is 11.5 Å². The maximum atomic E-state index is 5.93. The molecule has 170 valence electrons. The molecule has 2 heterocycles. The number of methoxy groups -OCH3 is 1. The van der Waals surface area contributed by atoms with Crippen LogP contribution in [0.1, 0.15) is 24.1 Å². The van der Waals surface area contributed by atoms with Crippen LogP contribution in [-0.2, 0) is 6.42 Å². The third-order valence-electron chi connectivity index (χ3n) is 5.81. The number of ether oxygens (including phenoxy) is 2. The molecule has 0 bridgehead atoms. The van der Waals surface area contributed by atoms with Gasteiger partial charge in [-0.1, -0.05) is 24.3 Å². The zero-order chi connectivity index (χ0) is 22.2. The van der Waals surface area contributed by atoms with E-state index in [4.69, 9.17) is 15.2 Å². The first-order valence-electron chi connectivity index (χ1n) is 11.2. The van der Waals surface area contributed by atoms with Crippen molar-refractivity contribution in [3.8, 4) is 11.5 Å². The molecule has 32 heavy (non-hydrogen) atoms. The van der Waals surface area contributed by atoms with Gasteiger partial charge in [-0.25, -0.2) is 4.98 Å². The lowest BCUT2D eigenvalue weighted by Gasteiger charge is -2.36. The van der Waals surface area contributed by atoms with Crippen molar-refractivity contribution in [1.82, 2.24) is 9.88 Å². The van der Waals surface area contributed by atoms with Crippen LogP contribution in [0.25, 0.3) is 0 Å². The van der Waals surface area contributed by atoms with Crippen LogP contribution in [0.15, 0.2) is 53.9 Å². The van der Waals surface area contributed by atoms with Crippen LogP contribution >= 0.6 is 11.3 Å². The molecule has 3 aromatic rings. The van der Waals surface area contributed by atoms with Crippen LogP contribution in [0.3, 0.4) is 0 Å². The van der Waals surface area contributed by atoms with Gasteiger partial charge < -0.3 is 20.1 Å². The molecule has 6 nitrogen and oxygen atoms in total. The number of hydrogen-bond acceptors (Lipinski definition) is 7. The average Bonchev–Trinajstić information content (AvgIpc) is 3.24. The molecular weight excluding hydrogens is 420 g/mol. The van der Waals surface area contributed by atoms with Crippen molar-refractivity contribution in [2.24, 2.45) is 0 Å². The van der Waals surface area contributed by atoms with Gasteiger partial charge in [0, 0.05) is 38.0 Å². The molecule has 1 saturated heterocycles. The second-order valence-corrected chi connectivity index (χ2v) is 8.94. The highest BCUT2D eigenvalue weighted by Gasteiger charge is 2.19. The van der Waals surface area contributed by atoms with E-state index in [2.05, 4.69) is 39.0 Å². The van der Waals surface area contributed by atoms with Gasteiger partial charge in [-0.05, 0) is 49.2 Å². The fourth-order valence-electron chi connectivity index (χ4n) is 4.05. The Morgan fingerprint density at radius 2 is 1.78 bits per heavy atom. The number of benzene rings is 2. The number of thiazole rings is 1. The van der Waals surface area contributed by atoms with Gasteiger partial charge in [0.1, 0.15) is 11.5 Å². The van der Waals surface area contributed by atoms with E-state index >= 15 is 0 Å². The van der Waals surface area contributed by atoms with E-state index in [-0.39, 0.29) is 0 Å². The van der Waals surface area contributed by atoms with Gasteiger partial charge in [-0.3, -0.25) is 4.90 Å². The number of nitrogens with zero attached hydrogens (tertiary/aromatic N) is 3. The predicted octanol–water partition coefficient (Wildman–Crippen LogP) is 4.31. The number of nitrogen functional groups attached to an aromatic ring is 1. The molecule has 0 atom stereocenters. The minimum absolute atomic E-state index is 0.623. The molecule has 1 aliphatic rings. The van der Waals surface area contributed by atoms with Crippen LogP contribution in [0.2, 0.25) is 0 Å². The summed E-state index contributed by atoms with van der Waals surface area (Å²) in [6.45, 7) is 6.13. The minimum Gasteiger partial charge on any atom is -0.495 e. The molecule has 0 amide bonds. The molecule has 0 radical (unpaired) electrons. The second kappa shape index (κ2) is 11.2. The average molecular weight is 453 g/mol. The third-order valence-corrected chi connectivity index (χ3v) is 6.54. The first kappa shape index (κ1) is 22.4. The normalized spacial score (nSPS) is 14.5. The first-order chi connectivity index (χ1) is 15.7. The number of aromatic nitrogens is 1. The number of nitrogens with two attached hydrogens (primary N) is 1. The van der Waals surface area contributed by atoms with Gasteiger partial charge in [0.2, 0.25) is 0 Å². The van der Waals surface area contributed by atoms with Crippen LogP contribution < -0.4 is 20.1 Å². The first-order valence-corrected chi connectivity index (χ1v) is 12.1. The highest BCUT2D eigenvalue weighted by Crippen LogP contribution is 2.28. The standard InChI is InChI=1S/C25H32N4O2S/c1-30-24-7-3-2-6-23(24)29-15-13-28(14-16-29)12-4-5-17-31-22-10-8-20(9-11-22)18-21-19-32-25(26)27-21/h2-3,6-11,19H,4-5,12-18H2,1H3,(H2,26,27). The molecule has 1 fully saturated rings. The molecule has 2 N–H and O–H groups in total. The zero-order valence-corrected chi connectivity index (χ0v) is 19.5. The van der Waals surface area contributed by atoms with Gasteiger partial charge in [0.25, 0.3) is 0 Å². The summed E-state index contributed by atoms with van der Waals surface area (Å²) in [4.78, 5) is 9.29. The van der Waals surface area contributed by atoms with Gasteiger partial charge in [0.05, 0.1) is 25.1 Å². The second-order valence-electron chi connectivity index (χ2n) is 8.05. The van der Waals surface area contributed by atoms with E-state index in [1.54, 1.807) is 7.11 Å². The lowest BCUT2D eigenvalue weighted by atomic mass is 10.1. The molecule has 1 aliphatic heterocycles. The van der Waals surface area contributed by atoms with E-state index in [1.165, 1.54) is 22.6 Å². The molecule has 0 spiro atoms. The highest BCUT2D eigenvalue weighted by molar-refractivity contribution is 7.13. The largest absolute Gasteiger partial charge is 0.495 e. The van der Waals surface area contributed by atoms with Gasteiger partial charge in [0.15, 0.2) is 5.13 Å². The summed E-state index contributed by atoms with van der Waals surface area (Å²) in [5.74, 6) is 1.89. The summed E-state index contributed by atoms with van der Waals surface area (Å²) < 4.78 is 11.4. The van der Waals surface area contributed by atoms with E-state index < -0.39 is 0 Å². The molecule has 4 rings (SSSR count). The lowest BCUT2D eigenvalue weighted by Crippen LogP contribution is -2.46. The summed E-state index contributed by atoms with van der Waals surface area (Å²) >= 11 is 1.48. The summed E-state index contributed by atoms with van der Waals surface area (Å²) in [7, 11) is 1.74. The number of unbranched alkanes of at least 4 members (excludes halogenated alkanes) is 1. The Bertz CT molecular complexity index is 968. The maximum Gasteiger partial charge on any atom is 0.180 e. The van der Waals surface area contributed by atoms with Crippen molar-refractivity contribution >= 4 is 22.2 Å². The van der Waals surface area contributed by atoms with Crippen molar-refractivity contribution in [1.29, 1.82) is 0 Å². The number of anilines is 2. The molecule has 0 aliphatic carbocycles. The molecule has 2 aromatic carbocycles. The van der Waals surface area contributed by atoms with Crippen molar-refractivity contribution in [3.63, 3.8) is 0 Å². The Morgan fingerprint density at radius 3 is 2.50 bits per heavy atom. The number of rotatable bonds is 10. The van der Waals surface area contributed by atoms with E-state index in [1.807, 2.05) is 29.6 Å². The molecular formula is C25H32N4O2S. The minimum atomic E-state index is 0.623. The fourth-order valence-corrected chi connectivity index (χ4v) is 4.61. The Labute approximate surface area is 194 Å². The Morgan fingerprint density at radius 1 is 1.00 bits per heavy atom. The lowest BCUT2D eigenvalue weighted by molar-refractivity contribution is 0.238. The van der Waals surface area contributed by atoms with Crippen molar-refractivity contribution < 1.29 is 9.47 Å². The zero-order valence-electron chi connectivity index (χ0n) is 18.7. The Balaban J connectivity index is 1.11. The molecule has 0 saturated carbocycles. The molecule has 1 aromatic heterocycles. The third kappa shape index (κ3) is 6.14. The molecule has 7 heteroatoms. The summed E-state index contributed by atoms with van der Waals surface area (Å²) in [5.41, 5.74) is 9.14. The highest BCUT2D eigenvalue weighted by atomic mass is 32.1. The van der Waals surface area contributed by atoms with Crippen LogP contribution in [-0.4, -0.2) is 56.3 Å². The summed E-state index contributed by atoms with van der Waals surface area (Å²) in [5, 5.41) is 2.64. The number of hydrogen-bond donors (Lipinski definition) is 1. The molecule has 0 unspecified atom stereocenters. The van der Waals surface area contributed by atoms with Crippen molar-refractivity contribution in [2.75, 3.05) is 57.1 Å². The topological polar surface area (TPSA) is 63.9 Å². The fraction of sp³-hybridized carbons (Fsp3) is 0.400. The van der Waals surface area contributed by atoms with E-state index in [0.717, 1.165) is 75.8 Å². The number of piperazine rings is 1. The van der Waals surface area contributed by atoms with Crippen LogP contribution in [0, 0.1) is 0 Å². The number of para-hydroxylation sites is 2. The SMILES string of the molecule is COc1ccccc1N1CCN(CCCCOc2ccc(Cc3csc(N)n3)cc2)CC1. The summed E-state index contributed by atoms with van der Waals surface area (Å²) in [6.07, 6.45) is 3.02. The van der Waals surface area contributed by atoms with Gasteiger partial charge in [-0.15, -0.1) is 11.3 Å². The quantitative estimate of drug-likeness (QED) is 0.463. The Kier molecular flexibility index (Phi) is 7.85. The van der Waals surface area contributed by atoms with E-state index in [9.17, 15) is 0 Å².